The molecule has 1 aromatic rings. The number of piperidine rings is 1. The number of carbonyl (C=O) groups is 4. The van der Waals surface area contributed by atoms with Crippen LogP contribution in [0.25, 0.3) is 0 Å². The second-order valence-corrected chi connectivity index (χ2v) is 6.20. The maximum Gasteiger partial charge on any atom is 0.262 e. The summed E-state index contributed by atoms with van der Waals surface area (Å²) in [5, 5.41) is 2.10. The molecule has 2 unspecified atom stereocenters. The molecule has 3 rings (SSSR count). The molecule has 22 heavy (non-hydrogen) atoms. The van der Waals surface area contributed by atoms with E-state index in [0.29, 0.717) is 0 Å². The Labute approximate surface area is 132 Å². The fourth-order valence-electron chi connectivity index (χ4n) is 2.75. The predicted molar refractivity (Wildman–Crippen MR) is 80.5 cm³/mol. The number of thiol groups is 1. The molecule has 0 aromatic heterocycles. The number of nitrogens with zero attached hydrogens (tertiary/aromatic N) is 1. The van der Waals surface area contributed by atoms with Gasteiger partial charge in [0.25, 0.3) is 11.8 Å². The standard InChI is InChI=1S/C15H14N2O4S/c1-7(22)8-2-3-9-10(6-8)15(21)17(14(9)20)11-4-5-12(18)16-13(11)19/h2-3,6-7,11,22H,4-5H2,1H3,(H,16,18,19). The van der Waals surface area contributed by atoms with Gasteiger partial charge in [0.05, 0.1) is 11.1 Å². The first-order valence-electron chi connectivity index (χ1n) is 6.93. The van der Waals surface area contributed by atoms with Crippen LogP contribution in [0.4, 0.5) is 0 Å². The van der Waals surface area contributed by atoms with E-state index in [4.69, 9.17) is 0 Å². The Morgan fingerprint density at radius 2 is 1.86 bits per heavy atom. The molecule has 0 aliphatic carbocycles. The van der Waals surface area contributed by atoms with Crippen molar-refractivity contribution in [2.24, 2.45) is 0 Å². The number of hydrogen-bond donors (Lipinski definition) is 2. The van der Waals surface area contributed by atoms with Crippen LogP contribution in [-0.4, -0.2) is 34.6 Å². The number of imide groups is 2. The van der Waals surface area contributed by atoms with Crippen molar-refractivity contribution in [3.05, 3.63) is 34.9 Å². The van der Waals surface area contributed by atoms with E-state index in [9.17, 15) is 19.2 Å². The van der Waals surface area contributed by atoms with Crippen LogP contribution < -0.4 is 5.32 Å². The molecule has 1 aromatic carbocycles. The Balaban J connectivity index is 1.96. The van der Waals surface area contributed by atoms with Crippen molar-refractivity contribution >= 4 is 36.3 Å². The molecule has 2 aliphatic heterocycles. The Bertz CT molecular complexity index is 713. The van der Waals surface area contributed by atoms with Crippen molar-refractivity contribution in [2.45, 2.75) is 31.1 Å². The third kappa shape index (κ3) is 2.21. The number of rotatable bonds is 2. The molecule has 7 heteroatoms. The lowest BCUT2D eigenvalue weighted by Gasteiger charge is -2.27. The average Bonchev–Trinajstić information content (AvgIpc) is 2.71. The number of nitrogens with one attached hydrogen (secondary N) is 1. The summed E-state index contributed by atoms with van der Waals surface area (Å²) in [5.74, 6) is -1.98. The normalized spacial score (nSPS) is 22.6. The topological polar surface area (TPSA) is 83.6 Å². The number of carbonyl (C=O) groups excluding carboxylic acids is 4. The highest BCUT2D eigenvalue weighted by Gasteiger charge is 2.44. The number of fused-ring (bicyclic) bond motifs is 1. The summed E-state index contributed by atoms with van der Waals surface area (Å²) >= 11 is 4.32. The van der Waals surface area contributed by atoms with Gasteiger partial charge in [-0.05, 0) is 31.0 Å². The highest BCUT2D eigenvalue weighted by molar-refractivity contribution is 7.80. The van der Waals surface area contributed by atoms with Crippen molar-refractivity contribution in [3.63, 3.8) is 0 Å². The van der Waals surface area contributed by atoms with Crippen molar-refractivity contribution < 1.29 is 19.2 Å². The van der Waals surface area contributed by atoms with Gasteiger partial charge in [-0.3, -0.25) is 29.4 Å². The van der Waals surface area contributed by atoms with Crippen LogP contribution in [0.1, 0.15) is 51.3 Å². The van der Waals surface area contributed by atoms with E-state index in [0.717, 1.165) is 10.5 Å². The van der Waals surface area contributed by atoms with Crippen LogP contribution >= 0.6 is 12.6 Å². The summed E-state index contributed by atoms with van der Waals surface area (Å²) < 4.78 is 0. The maximum atomic E-state index is 12.5. The van der Waals surface area contributed by atoms with E-state index < -0.39 is 23.8 Å². The smallest absolute Gasteiger partial charge is 0.262 e. The van der Waals surface area contributed by atoms with Crippen molar-refractivity contribution in [2.75, 3.05) is 0 Å². The first-order chi connectivity index (χ1) is 10.4. The fraction of sp³-hybridized carbons (Fsp3) is 0.333. The zero-order valence-corrected chi connectivity index (χ0v) is 12.7. The maximum absolute atomic E-state index is 12.5. The summed E-state index contributed by atoms with van der Waals surface area (Å²) in [7, 11) is 0. The van der Waals surface area contributed by atoms with Crippen molar-refractivity contribution in [3.8, 4) is 0 Å². The third-order valence-corrected chi connectivity index (χ3v) is 4.24. The summed E-state index contributed by atoms with van der Waals surface area (Å²) in [6.45, 7) is 1.87. The van der Waals surface area contributed by atoms with Gasteiger partial charge in [0.2, 0.25) is 11.8 Å². The lowest BCUT2D eigenvalue weighted by atomic mass is 10.0. The molecule has 2 heterocycles. The second kappa shape index (κ2) is 5.24. The van der Waals surface area contributed by atoms with Gasteiger partial charge in [-0.25, -0.2) is 0 Å². The molecular formula is C15H14N2O4S. The van der Waals surface area contributed by atoms with Gasteiger partial charge in [0, 0.05) is 11.7 Å². The average molecular weight is 318 g/mol. The molecule has 4 amide bonds. The lowest BCUT2D eigenvalue weighted by molar-refractivity contribution is -0.136. The van der Waals surface area contributed by atoms with Crippen LogP contribution in [0, 0.1) is 0 Å². The van der Waals surface area contributed by atoms with Crippen LogP contribution in [0.5, 0.6) is 0 Å². The summed E-state index contributed by atoms with van der Waals surface area (Å²) in [4.78, 5) is 49.0. The van der Waals surface area contributed by atoms with Gasteiger partial charge in [0.15, 0.2) is 0 Å². The summed E-state index contributed by atoms with van der Waals surface area (Å²) in [6.07, 6.45) is 0.273. The van der Waals surface area contributed by atoms with Crippen molar-refractivity contribution in [1.82, 2.24) is 10.2 Å². The zero-order chi connectivity index (χ0) is 16.0. The lowest BCUT2D eigenvalue weighted by Crippen LogP contribution is -2.54. The molecule has 0 spiro atoms. The van der Waals surface area contributed by atoms with Gasteiger partial charge in [-0.15, -0.1) is 0 Å². The molecule has 1 N–H and O–H groups in total. The van der Waals surface area contributed by atoms with Crippen LogP contribution in [0.2, 0.25) is 0 Å². The van der Waals surface area contributed by atoms with Gasteiger partial charge >= 0.3 is 0 Å². The molecule has 2 aliphatic rings. The minimum absolute atomic E-state index is 0.0714. The second-order valence-electron chi connectivity index (χ2n) is 5.43. The number of amides is 4. The number of benzene rings is 1. The minimum Gasteiger partial charge on any atom is -0.295 e. The Hall–Kier alpha value is -2.15. The molecule has 0 bridgehead atoms. The molecule has 2 atom stereocenters. The first kappa shape index (κ1) is 14.8. The van der Waals surface area contributed by atoms with E-state index in [1.54, 1.807) is 18.2 Å². The Morgan fingerprint density at radius 3 is 2.50 bits per heavy atom. The first-order valence-corrected chi connectivity index (χ1v) is 7.45. The fourth-order valence-corrected chi connectivity index (χ4v) is 2.91. The SMILES string of the molecule is CC(S)c1ccc2c(c1)C(=O)N(C1CCC(=O)NC1=O)C2=O. The quantitative estimate of drug-likeness (QED) is 0.631. The molecule has 114 valence electrons. The van der Waals surface area contributed by atoms with E-state index in [1.807, 2.05) is 6.92 Å². The summed E-state index contributed by atoms with van der Waals surface area (Å²) in [6, 6.07) is 4.04. The predicted octanol–water partition coefficient (Wildman–Crippen LogP) is 1.08. The largest absolute Gasteiger partial charge is 0.295 e. The van der Waals surface area contributed by atoms with Gasteiger partial charge in [0.1, 0.15) is 6.04 Å². The van der Waals surface area contributed by atoms with E-state index in [1.165, 1.54) is 0 Å². The van der Waals surface area contributed by atoms with Crippen LogP contribution in [0.3, 0.4) is 0 Å². The minimum atomic E-state index is -0.929. The van der Waals surface area contributed by atoms with E-state index in [-0.39, 0.29) is 35.1 Å². The zero-order valence-electron chi connectivity index (χ0n) is 11.8. The van der Waals surface area contributed by atoms with Gasteiger partial charge in [-0.2, -0.15) is 12.6 Å². The Kier molecular flexibility index (Phi) is 3.52. The van der Waals surface area contributed by atoms with Gasteiger partial charge < -0.3 is 0 Å². The highest BCUT2D eigenvalue weighted by atomic mass is 32.1. The highest BCUT2D eigenvalue weighted by Crippen LogP contribution is 2.30. The molecule has 6 nitrogen and oxygen atoms in total. The number of hydrogen-bond acceptors (Lipinski definition) is 5. The molecule has 1 saturated heterocycles. The van der Waals surface area contributed by atoms with E-state index in [2.05, 4.69) is 17.9 Å². The third-order valence-electron chi connectivity index (χ3n) is 3.95. The molecular weight excluding hydrogens is 304 g/mol. The van der Waals surface area contributed by atoms with Gasteiger partial charge in [-0.1, -0.05) is 6.07 Å². The van der Waals surface area contributed by atoms with Crippen LogP contribution in [-0.2, 0) is 9.59 Å². The van der Waals surface area contributed by atoms with Crippen LogP contribution in [0.15, 0.2) is 18.2 Å². The monoisotopic (exact) mass is 318 g/mol. The molecule has 0 radical (unpaired) electrons. The molecule has 0 saturated carbocycles. The van der Waals surface area contributed by atoms with E-state index >= 15 is 0 Å². The molecule has 1 fully saturated rings. The summed E-state index contributed by atoms with van der Waals surface area (Å²) in [5.41, 5.74) is 1.40. The van der Waals surface area contributed by atoms with Crippen molar-refractivity contribution in [1.29, 1.82) is 0 Å². The Morgan fingerprint density at radius 1 is 1.18 bits per heavy atom.